The van der Waals surface area contributed by atoms with Gasteiger partial charge in [-0.1, -0.05) is 6.07 Å². The maximum Gasteiger partial charge on any atom is 0.186 e. The molecular formula is C18H15F4N3. The minimum Gasteiger partial charge on any atom is -0.367 e. The smallest absolute Gasteiger partial charge is 0.186 e. The number of fused-ring (bicyclic) bond motifs is 1. The fourth-order valence-corrected chi connectivity index (χ4v) is 3.30. The fraction of sp³-hybridized carbons (Fsp3) is 0.278. The molecular weight excluding hydrogens is 334 g/mol. The minimum atomic E-state index is -1.41. The van der Waals surface area contributed by atoms with Crippen molar-refractivity contribution >= 4 is 11.3 Å². The van der Waals surface area contributed by atoms with E-state index in [1.807, 2.05) is 0 Å². The van der Waals surface area contributed by atoms with E-state index in [0.717, 1.165) is 19.3 Å². The van der Waals surface area contributed by atoms with Gasteiger partial charge in [0.1, 0.15) is 11.3 Å². The van der Waals surface area contributed by atoms with E-state index in [-0.39, 0.29) is 5.69 Å². The fourth-order valence-electron chi connectivity index (χ4n) is 3.30. The van der Waals surface area contributed by atoms with Crippen molar-refractivity contribution in [2.45, 2.75) is 19.3 Å². The summed E-state index contributed by atoms with van der Waals surface area (Å²) in [6, 6.07) is 5.05. The number of benzene rings is 1. The number of piperidine rings is 1. The predicted octanol–water partition coefficient (Wildman–Crippen LogP) is 4.55. The molecule has 130 valence electrons. The van der Waals surface area contributed by atoms with E-state index < -0.39 is 34.5 Å². The standard InChI is InChI=1S/C18H15F4N3/c19-14-13(11-10-25-9-5-2-6-12(25)23-11)15(20)17(22)18(16(14)21)24-7-3-1-4-8-24/h2,5-6,9-10H,1,3-4,7-8H2. The molecule has 0 amide bonds. The summed E-state index contributed by atoms with van der Waals surface area (Å²) in [6.07, 6.45) is 5.38. The molecule has 1 aromatic carbocycles. The highest BCUT2D eigenvalue weighted by Crippen LogP contribution is 2.36. The number of rotatable bonds is 2. The highest BCUT2D eigenvalue weighted by Gasteiger charge is 2.30. The molecule has 4 rings (SSSR count). The molecule has 2 aromatic heterocycles. The highest BCUT2D eigenvalue weighted by molar-refractivity contribution is 5.68. The first-order chi connectivity index (χ1) is 12.1. The Morgan fingerprint density at radius 1 is 0.840 bits per heavy atom. The summed E-state index contributed by atoms with van der Waals surface area (Å²) in [5, 5.41) is 0. The van der Waals surface area contributed by atoms with Gasteiger partial charge in [0.15, 0.2) is 23.3 Å². The van der Waals surface area contributed by atoms with Gasteiger partial charge in [-0.3, -0.25) is 0 Å². The van der Waals surface area contributed by atoms with Crippen LogP contribution in [0.5, 0.6) is 0 Å². The molecule has 3 heterocycles. The maximum absolute atomic E-state index is 14.6. The Morgan fingerprint density at radius 3 is 2.16 bits per heavy atom. The third kappa shape index (κ3) is 2.54. The van der Waals surface area contributed by atoms with Gasteiger partial charge in [0.2, 0.25) is 0 Å². The van der Waals surface area contributed by atoms with Crippen LogP contribution in [0.25, 0.3) is 16.9 Å². The first-order valence-electron chi connectivity index (χ1n) is 8.13. The Morgan fingerprint density at radius 2 is 1.52 bits per heavy atom. The third-order valence-electron chi connectivity index (χ3n) is 4.53. The monoisotopic (exact) mass is 349 g/mol. The molecule has 0 unspecified atom stereocenters. The number of nitrogens with zero attached hydrogens (tertiary/aromatic N) is 3. The Labute approximate surface area is 141 Å². The van der Waals surface area contributed by atoms with Crippen LogP contribution in [0.4, 0.5) is 23.2 Å². The van der Waals surface area contributed by atoms with Crippen molar-refractivity contribution in [3.63, 3.8) is 0 Å². The van der Waals surface area contributed by atoms with Crippen molar-refractivity contribution in [2.75, 3.05) is 18.0 Å². The minimum absolute atomic E-state index is 0.149. The van der Waals surface area contributed by atoms with Crippen molar-refractivity contribution in [3.05, 3.63) is 53.9 Å². The first kappa shape index (κ1) is 15.9. The van der Waals surface area contributed by atoms with Crippen LogP contribution in [-0.4, -0.2) is 22.5 Å². The normalized spacial score (nSPS) is 15.1. The summed E-state index contributed by atoms with van der Waals surface area (Å²) >= 11 is 0. The lowest BCUT2D eigenvalue weighted by Gasteiger charge is -2.29. The van der Waals surface area contributed by atoms with E-state index >= 15 is 0 Å². The van der Waals surface area contributed by atoms with Gasteiger partial charge in [-0.25, -0.2) is 22.5 Å². The zero-order chi connectivity index (χ0) is 17.6. The van der Waals surface area contributed by atoms with Crippen LogP contribution >= 0.6 is 0 Å². The molecule has 1 aliphatic heterocycles. The van der Waals surface area contributed by atoms with Crippen molar-refractivity contribution < 1.29 is 17.6 Å². The summed E-state index contributed by atoms with van der Waals surface area (Å²) in [4.78, 5) is 5.43. The Bertz CT molecular complexity index is 883. The average Bonchev–Trinajstić information content (AvgIpc) is 3.05. The second-order valence-electron chi connectivity index (χ2n) is 6.12. The van der Waals surface area contributed by atoms with Gasteiger partial charge in [-0.05, 0) is 31.4 Å². The molecule has 0 radical (unpaired) electrons. The van der Waals surface area contributed by atoms with E-state index in [2.05, 4.69) is 4.98 Å². The van der Waals surface area contributed by atoms with Crippen LogP contribution in [-0.2, 0) is 0 Å². The van der Waals surface area contributed by atoms with Crippen molar-refractivity contribution in [2.24, 2.45) is 0 Å². The lowest BCUT2D eigenvalue weighted by molar-refractivity contribution is 0.448. The summed E-state index contributed by atoms with van der Waals surface area (Å²) in [5.74, 6) is -5.56. The van der Waals surface area contributed by atoms with Crippen LogP contribution in [0.1, 0.15) is 19.3 Å². The van der Waals surface area contributed by atoms with Gasteiger partial charge in [-0.15, -0.1) is 0 Å². The van der Waals surface area contributed by atoms with Gasteiger partial charge in [0.05, 0.1) is 11.3 Å². The zero-order valence-corrected chi connectivity index (χ0v) is 13.3. The highest BCUT2D eigenvalue weighted by atomic mass is 19.2. The lowest BCUT2D eigenvalue weighted by Crippen LogP contribution is -2.31. The molecule has 0 N–H and O–H groups in total. The average molecular weight is 349 g/mol. The molecule has 0 aliphatic carbocycles. The summed E-state index contributed by atoms with van der Waals surface area (Å²) < 4.78 is 59.9. The quantitative estimate of drug-likeness (QED) is 0.500. The summed E-state index contributed by atoms with van der Waals surface area (Å²) in [7, 11) is 0. The molecule has 3 nitrogen and oxygen atoms in total. The van der Waals surface area contributed by atoms with Gasteiger partial charge in [0.25, 0.3) is 0 Å². The van der Waals surface area contributed by atoms with E-state index in [1.54, 1.807) is 24.4 Å². The molecule has 25 heavy (non-hydrogen) atoms. The molecule has 7 heteroatoms. The number of imidazole rings is 1. The summed E-state index contributed by atoms with van der Waals surface area (Å²) in [5.41, 5.74) is -1.12. The SMILES string of the molecule is Fc1c(F)c(N2CCCCC2)c(F)c(F)c1-c1cn2ccccc2n1. The van der Waals surface area contributed by atoms with E-state index in [9.17, 15) is 17.6 Å². The van der Waals surface area contributed by atoms with E-state index in [1.165, 1.54) is 15.5 Å². The number of pyridine rings is 1. The number of aromatic nitrogens is 2. The van der Waals surface area contributed by atoms with Crippen LogP contribution in [0.2, 0.25) is 0 Å². The molecule has 3 aromatic rings. The number of anilines is 1. The Kier molecular flexibility index (Phi) is 3.86. The number of halogens is 4. The zero-order valence-electron chi connectivity index (χ0n) is 13.3. The number of hydrogen-bond donors (Lipinski definition) is 0. The lowest BCUT2D eigenvalue weighted by atomic mass is 10.1. The Balaban J connectivity index is 1.89. The molecule has 0 saturated carbocycles. The third-order valence-corrected chi connectivity index (χ3v) is 4.53. The number of hydrogen-bond acceptors (Lipinski definition) is 2. The van der Waals surface area contributed by atoms with Crippen LogP contribution in [0.3, 0.4) is 0 Å². The van der Waals surface area contributed by atoms with E-state index in [0.29, 0.717) is 18.7 Å². The van der Waals surface area contributed by atoms with E-state index in [4.69, 9.17) is 0 Å². The second kappa shape index (κ2) is 6.06. The molecule has 0 atom stereocenters. The Hall–Kier alpha value is -2.57. The van der Waals surface area contributed by atoms with Crippen LogP contribution in [0.15, 0.2) is 30.6 Å². The molecule has 0 spiro atoms. The van der Waals surface area contributed by atoms with Crippen molar-refractivity contribution in [3.8, 4) is 11.3 Å². The first-order valence-corrected chi connectivity index (χ1v) is 8.13. The maximum atomic E-state index is 14.6. The predicted molar refractivity (Wildman–Crippen MR) is 86.5 cm³/mol. The largest absolute Gasteiger partial charge is 0.367 e. The molecule has 1 aliphatic rings. The molecule has 0 bridgehead atoms. The topological polar surface area (TPSA) is 20.5 Å². The van der Waals surface area contributed by atoms with Gasteiger partial charge < -0.3 is 9.30 Å². The van der Waals surface area contributed by atoms with Gasteiger partial charge >= 0.3 is 0 Å². The van der Waals surface area contributed by atoms with Crippen molar-refractivity contribution in [1.82, 2.24) is 9.38 Å². The van der Waals surface area contributed by atoms with Crippen LogP contribution < -0.4 is 4.90 Å². The molecule has 1 fully saturated rings. The van der Waals surface area contributed by atoms with Gasteiger partial charge in [-0.2, -0.15) is 0 Å². The second-order valence-corrected chi connectivity index (χ2v) is 6.12. The summed E-state index contributed by atoms with van der Waals surface area (Å²) in [6.45, 7) is 0.751. The van der Waals surface area contributed by atoms with Gasteiger partial charge in [0, 0.05) is 25.5 Å². The molecule has 1 saturated heterocycles. The van der Waals surface area contributed by atoms with Crippen molar-refractivity contribution in [1.29, 1.82) is 0 Å². The van der Waals surface area contributed by atoms with Crippen LogP contribution in [0, 0.1) is 23.3 Å².